The maximum absolute atomic E-state index is 12.1. The highest BCUT2D eigenvalue weighted by Crippen LogP contribution is 2.20. The molecule has 0 bridgehead atoms. The second-order valence-electron chi connectivity index (χ2n) is 7.30. The van der Waals surface area contributed by atoms with Crippen molar-refractivity contribution in [3.63, 3.8) is 0 Å². The maximum Gasteiger partial charge on any atom is 0.435 e. The summed E-state index contributed by atoms with van der Waals surface area (Å²) in [6.45, 7) is 16.9. The van der Waals surface area contributed by atoms with Crippen LogP contribution in [0.25, 0.3) is 0 Å². The van der Waals surface area contributed by atoms with Crippen LogP contribution >= 0.6 is 0 Å². The van der Waals surface area contributed by atoms with Crippen LogP contribution in [0.5, 0.6) is 0 Å². The molecule has 25 heavy (non-hydrogen) atoms. The van der Waals surface area contributed by atoms with Crippen LogP contribution < -0.4 is 0 Å². The molecule has 0 aliphatic carbocycles. The Hall–Kier alpha value is -1.14. The average Bonchev–Trinajstić information content (AvgIpc) is 3.12. The number of carbonyl (C=O) groups is 1. The monoisotopic (exact) mass is 355 g/mol. The number of hydrogen-bond acceptors (Lipinski definition) is 4. The summed E-state index contributed by atoms with van der Waals surface area (Å²) in [6, 6.07) is 0. The van der Waals surface area contributed by atoms with Gasteiger partial charge < -0.3 is 19.3 Å². The normalized spacial score (nSPS) is 19.4. The molecule has 0 atom stereocenters. The molecule has 2 aliphatic rings. The zero-order valence-corrected chi connectivity index (χ0v) is 16.8. The topological polar surface area (TPSA) is 54.4 Å². The molecule has 0 aromatic carbocycles. The molecule has 0 N–H and O–H groups in total. The van der Waals surface area contributed by atoms with Crippen molar-refractivity contribution < 1.29 is 14.3 Å². The van der Waals surface area contributed by atoms with Crippen LogP contribution in [0, 0.1) is 5.41 Å². The van der Waals surface area contributed by atoms with Crippen LogP contribution in [-0.2, 0) is 9.47 Å². The fourth-order valence-corrected chi connectivity index (χ4v) is 3.06. The minimum Gasteiger partial charge on any atom is -0.448 e. The van der Waals surface area contributed by atoms with Gasteiger partial charge in [-0.05, 0) is 32.4 Å². The van der Waals surface area contributed by atoms with E-state index in [4.69, 9.17) is 9.47 Å². The number of hydrogen-bond donors (Lipinski definition) is 0. The van der Waals surface area contributed by atoms with Gasteiger partial charge >= 0.3 is 6.09 Å². The first-order chi connectivity index (χ1) is 12.0. The van der Waals surface area contributed by atoms with Gasteiger partial charge in [0.15, 0.2) is 0 Å². The van der Waals surface area contributed by atoms with E-state index < -0.39 is 6.09 Å². The lowest BCUT2D eigenvalue weighted by Gasteiger charge is -2.35. The van der Waals surface area contributed by atoms with Gasteiger partial charge in [0.1, 0.15) is 5.84 Å². The number of amidine groups is 1. The van der Waals surface area contributed by atoms with Crippen LogP contribution in [0.4, 0.5) is 4.79 Å². The Balaban J connectivity index is 0.00000151. The minimum absolute atomic E-state index is 0.189. The van der Waals surface area contributed by atoms with E-state index in [0.717, 1.165) is 31.9 Å². The van der Waals surface area contributed by atoms with Crippen LogP contribution in [0.2, 0.25) is 0 Å². The molecule has 2 heterocycles. The molecular formula is C19H37N3O3. The highest BCUT2D eigenvalue weighted by molar-refractivity contribution is 5.95. The van der Waals surface area contributed by atoms with Crippen molar-refractivity contribution in [2.45, 2.75) is 53.9 Å². The number of aliphatic imine (C=N–C) groups is 1. The lowest BCUT2D eigenvalue weighted by atomic mass is 9.93. The third kappa shape index (κ3) is 8.19. The molecule has 2 rings (SSSR count). The predicted molar refractivity (Wildman–Crippen MR) is 102 cm³/mol. The van der Waals surface area contributed by atoms with Crippen molar-refractivity contribution in [1.29, 1.82) is 0 Å². The average molecular weight is 356 g/mol. The predicted octanol–water partition coefficient (Wildman–Crippen LogP) is 3.41. The molecule has 6 nitrogen and oxygen atoms in total. The fourth-order valence-electron chi connectivity index (χ4n) is 3.06. The van der Waals surface area contributed by atoms with Crippen LogP contribution in [0.15, 0.2) is 4.99 Å². The van der Waals surface area contributed by atoms with E-state index >= 15 is 0 Å². The van der Waals surface area contributed by atoms with Crippen LogP contribution in [0.1, 0.15) is 53.9 Å². The van der Waals surface area contributed by atoms with Gasteiger partial charge in [-0.15, -0.1) is 0 Å². The molecule has 2 aliphatic heterocycles. The number of carbonyl (C=O) groups excluding carboxylic acids is 1. The van der Waals surface area contributed by atoms with Crippen LogP contribution in [-0.4, -0.2) is 74.3 Å². The molecule has 0 saturated carbocycles. The third-order valence-electron chi connectivity index (χ3n) is 4.22. The van der Waals surface area contributed by atoms with Gasteiger partial charge in [-0.1, -0.05) is 34.6 Å². The SMILES string of the molecule is CC.CC(C)(C)/C(=N/C(=O)OCCCN1CCCC1)N1CCOCC1. The van der Waals surface area contributed by atoms with E-state index in [1.807, 2.05) is 13.8 Å². The summed E-state index contributed by atoms with van der Waals surface area (Å²) in [5.74, 6) is 0.797. The van der Waals surface area contributed by atoms with Gasteiger partial charge in [-0.25, -0.2) is 4.79 Å². The summed E-state index contributed by atoms with van der Waals surface area (Å²) in [5, 5.41) is 0. The molecule has 0 spiro atoms. The lowest BCUT2D eigenvalue weighted by molar-refractivity contribution is 0.0642. The number of ether oxygens (including phenoxy) is 2. The number of morpholine rings is 1. The first-order valence-electron chi connectivity index (χ1n) is 9.78. The molecule has 2 fully saturated rings. The standard InChI is InChI=1S/C17H31N3O3.C2H6/c1-17(2,3)15(20-10-13-22-14-11-20)18-16(21)23-12-6-9-19-7-4-5-8-19;1-2/h4-14H2,1-3H3;1-2H3/b18-15-;. The number of amides is 1. The van der Waals surface area contributed by atoms with E-state index in [1.165, 1.54) is 25.9 Å². The second-order valence-corrected chi connectivity index (χ2v) is 7.30. The van der Waals surface area contributed by atoms with Gasteiger partial charge in [0.05, 0.1) is 19.8 Å². The molecule has 2 saturated heterocycles. The molecule has 6 heteroatoms. The summed E-state index contributed by atoms with van der Waals surface area (Å²) in [7, 11) is 0. The molecule has 1 amide bonds. The molecule has 0 aromatic rings. The van der Waals surface area contributed by atoms with E-state index in [2.05, 4.69) is 35.6 Å². The smallest absolute Gasteiger partial charge is 0.435 e. The Morgan fingerprint density at radius 3 is 2.24 bits per heavy atom. The Morgan fingerprint density at radius 2 is 1.68 bits per heavy atom. The number of rotatable bonds is 4. The molecule has 0 unspecified atom stereocenters. The fraction of sp³-hybridized carbons (Fsp3) is 0.895. The summed E-state index contributed by atoms with van der Waals surface area (Å²) in [6.07, 6.45) is 2.99. The van der Waals surface area contributed by atoms with Crippen molar-refractivity contribution in [3.8, 4) is 0 Å². The minimum atomic E-state index is -0.470. The molecule has 0 aromatic heterocycles. The molecule has 146 valence electrons. The zero-order chi connectivity index (χ0) is 18.7. The van der Waals surface area contributed by atoms with E-state index in [-0.39, 0.29) is 5.41 Å². The van der Waals surface area contributed by atoms with E-state index in [1.54, 1.807) is 0 Å². The Morgan fingerprint density at radius 1 is 1.08 bits per heavy atom. The molecular weight excluding hydrogens is 318 g/mol. The van der Waals surface area contributed by atoms with Crippen LogP contribution in [0.3, 0.4) is 0 Å². The summed E-state index contributed by atoms with van der Waals surface area (Å²) in [5.41, 5.74) is -0.189. The first-order valence-corrected chi connectivity index (χ1v) is 9.78. The highest BCUT2D eigenvalue weighted by Gasteiger charge is 2.27. The lowest BCUT2D eigenvalue weighted by Crippen LogP contribution is -2.46. The second kappa shape index (κ2) is 11.5. The zero-order valence-electron chi connectivity index (χ0n) is 16.8. The Bertz CT molecular complexity index is 407. The Kier molecular flexibility index (Phi) is 10.0. The van der Waals surface area contributed by atoms with Crippen molar-refractivity contribution in [2.24, 2.45) is 10.4 Å². The van der Waals surface area contributed by atoms with Crippen molar-refractivity contribution in [2.75, 3.05) is 52.5 Å². The Labute approximate surface area is 153 Å². The highest BCUT2D eigenvalue weighted by atomic mass is 16.5. The van der Waals surface area contributed by atoms with Gasteiger partial charge in [-0.3, -0.25) is 0 Å². The van der Waals surface area contributed by atoms with Gasteiger partial charge in [0, 0.05) is 25.0 Å². The number of nitrogens with zero attached hydrogens (tertiary/aromatic N) is 3. The first kappa shape index (κ1) is 21.9. The largest absolute Gasteiger partial charge is 0.448 e. The van der Waals surface area contributed by atoms with Crippen molar-refractivity contribution >= 4 is 11.9 Å². The maximum atomic E-state index is 12.1. The van der Waals surface area contributed by atoms with E-state index in [0.29, 0.717) is 19.8 Å². The van der Waals surface area contributed by atoms with E-state index in [9.17, 15) is 4.79 Å². The van der Waals surface area contributed by atoms with Gasteiger partial charge in [0.2, 0.25) is 0 Å². The van der Waals surface area contributed by atoms with Crippen molar-refractivity contribution in [1.82, 2.24) is 9.80 Å². The molecule has 0 radical (unpaired) electrons. The van der Waals surface area contributed by atoms with Gasteiger partial charge in [0.25, 0.3) is 0 Å². The summed E-state index contributed by atoms with van der Waals surface area (Å²) < 4.78 is 10.7. The summed E-state index contributed by atoms with van der Waals surface area (Å²) in [4.78, 5) is 20.9. The van der Waals surface area contributed by atoms with Gasteiger partial charge in [-0.2, -0.15) is 4.99 Å². The third-order valence-corrected chi connectivity index (χ3v) is 4.22. The van der Waals surface area contributed by atoms with Crippen molar-refractivity contribution in [3.05, 3.63) is 0 Å². The summed E-state index contributed by atoms with van der Waals surface area (Å²) >= 11 is 0. The number of likely N-dealkylation sites (tertiary alicyclic amines) is 1. The quantitative estimate of drug-likeness (QED) is 0.439.